The summed E-state index contributed by atoms with van der Waals surface area (Å²) in [6.45, 7) is 0. The maximum absolute atomic E-state index is 6.06. The van der Waals surface area contributed by atoms with Crippen molar-refractivity contribution in [3.05, 3.63) is 17.2 Å². The highest BCUT2D eigenvalue weighted by molar-refractivity contribution is 5.67. The van der Waals surface area contributed by atoms with Gasteiger partial charge >= 0.3 is 0 Å². The molecule has 1 aromatic rings. The number of anilines is 1. The van der Waals surface area contributed by atoms with Gasteiger partial charge in [-0.1, -0.05) is 0 Å². The lowest BCUT2D eigenvalue weighted by Crippen LogP contribution is -2.23. The Labute approximate surface area is 102 Å². The molecule has 3 heteroatoms. The maximum Gasteiger partial charge on any atom is 0.145 e. The molecule has 1 fully saturated rings. The fourth-order valence-corrected chi connectivity index (χ4v) is 3.59. The van der Waals surface area contributed by atoms with E-state index in [0.29, 0.717) is 17.5 Å². The Balaban J connectivity index is 2.27. The van der Waals surface area contributed by atoms with E-state index in [1.807, 2.05) is 6.07 Å². The van der Waals surface area contributed by atoms with Crippen LogP contribution in [-0.4, -0.2) is 14.2 Å². The minimum Gasteiger partial charge on any atom is -0.496 e. The Morgan fingerprint density at radius 1 is 1.00 bits per heavy atom. The largest absolute Gasteiger partial charge is 0.496 e. The summed E-state index contributed by atoms with van der Waals surface area (Å²) in [5.74, 6) is 3.09. The van der Waals surface area contributed by atoms with Gasteiger partial charge in [-0.15, -0.1) is 0 Å². The molecule has 4 rings (SSSR count). The Bertz CT molecular complexity index is 448. The van der Waals surface area contributed by atoms with Gasteiger partial charge in [0.15, 0.2) is 0 Å². The first-order chi connectivity index (χ1) is 8.26. The molecule has 0 heterocycles. The lowest BCUT2D eigenvalue weighted by atomic mass is 9.66. The zero-order chi connectivity index (χ0) is 12.0. The van der Waals surface area contributed by atoms with Gasteiger partial charge in [-0.2, -0.15) is 0 Å². The summed E-state index contributed by atoms with van der Waals surface area (Å²) >= 11 is 0. The average Bonchev–Trinajstić information content (AvgIpc) is 2.39. The van der Waals surface area contributed by atoms with Crippen LogP contribution in [0.2, 0.25) is 0 Å². The summed E-state index contributed by atoms with van der Waals surface area (Å²) in [4.78, 5) is 0. The monoisotopic (exact) mass is 233 g/mol. The predicted molar refractivity (Wildman–Crippen MR) is 67.9 cm³/mol. The van der Waals surface area contributed by atoms with Crippen molar-refractivity contribution in [1.82, 2.24) is 0 Å². The van der Waals surface area contributed by atoms with Crippen LogP contribution in [0.25, 0.3) is 0 Å². The number of benzene rings is 1. The molecule has 92 valence electrons. The molecule has 17 heavy (non-hydrogen) atoms. The Morgan fingerprint density at radius 3 is 2.12 bits per heavy atom. The summed E-state index contributed by atoms with van der Waals surface area (Å²) in [5, 5.41) is 0. The molecule has 3 aliphatic rings. The van der Waals surface area contributed by atoms with E-state index in [1.165, 1.54) is 36.8 Å². The minimum atomic E-state index is 0.613. The second-order valence-corrected chi connectivity index (χ2v) is 5.08. The third-order valence-corrected chi connectivity index (χ3v) is 4.32. The molecule has 1 aromatic carbocycles. The van der Waals surface area contributed by atoms with Gasteiger partial charge in [0.2, 0.25) is 0 Å². The number of rotatable bonds is 2. The van der Waals surface area contributed by atoms with Crippen LogP contribution in [-0.2, 0) is 0 Å². The van der Waals surface area contributed by atoms with E-state index in [2.05, 4.69) is 0 Å². The van der Waals surface area contributed by atoms with Crippen molar-refractivity contribution in [1.29, 1.82) is 0 Å². The lowest BCUT2D eigenvalue weighted by Gasteiger charge is -2.40. The Morgan fingerprint density at radius 2 is 1.59 bits per heavy atom. The van der Waals surface area contributed by atoms with E-state index >= 15 is 0 Å². The highest BCUT2D eigenvalue weighted by atomic mass is 16.5. The van der Waals surface area contributed by atoms with Crippen LogP contribution in [0.15, 0.2) is 6.07 Å². The molecule has 0 radical (unpaired) electrons. The lowest BCUT2D eigenvalue weighted by molar-refractivity contribution is 0.319. The van der Waals surface area contributed by atoms with E-state index in [-0.39, 0.29) is 0 Å². The molecule has 0 amide bonds. The number of methoxy groups -OCH3 is 2. The van der Waals surface area contributed by atoms with Gasteiger partial charge in [0.05, 0.1) is 19.9 Å². The van der Waals surface area contributed by atoms with E-state index in [0.717, 1.165) is 11.5 Å². The molecular formula is C14H19NO2. The van der Waals surface area contributed by atoms with Crippen LogP contribution in [0.5, 0.6) is 11.5 Å². The first-order valence-electron chi connectivity index (χ1n) is 6.30. The second-order valence-electron chi connectivity index (χ2n) is 5.08. The number of hydrogen-bond donors (Lipinski definition) is 1. The van der Waals surface area contributed by atoms with Crippen molar-refractivity contribution < 1.29 is 9.47 Å². The number of hydrogen-bond acceptors (Lipinski definition) is 3. The van der Waals surface area contributed by atoms with Crippen molar-refractivity contribution in [2.45, 2.75) is 37.5 Å². The SMILES string of the molecule is COc1cc(N)c(OC)c2c1C1CCC2CC1. The molecule has 2 N–H and O–H groups in total. The van der Waals surface area contributed by atoms with E-state index in [1.54, 1.807) is 14.2 Å². The Hall–Kier alpha value is -1.38. The average molecular weight is 233 g/mol. The first kappa shape index (κ1) is 10.8. The molecule has 0 atom stereocenters. The molecular weight excluding hydrogens is 214 g/mol. The van der Waals surface area contributed by atoms with Gasteiger partial charge < -0.3 is 15.2 Å². The molecule has 0 saturated heterocycles. The predicted octanol–water partition coefficient (Wildman–Crippen LogP) is 3.04. The van der Waals surface area contributed by atoms with Gasteiger partial charge in [0.1, 0.15) is 11.5 Å². The number of fused-ring (bicyclic) bond motifs is 2. The molecule has 0 aromatic heterocycles. The van der Waals surface area contributed by atoms with Crippen molar-refractivity contribution in [3.63, 3.8) is 0 Å². The van der Waals surface area contributed by atoms with E-state index in [9.17, 15) is 0 Å². The van der Waals surface area contributed by atoms with Gasteiger partial charge in [0, 0.05) is 17.2 Å². The van der Waals surface area contributed by atoms with Crippen LogP contribution < -0.4 is 15.2 Å². The molecule has 1 saturated carbocycles. The summed E-state index contributed by atoms with van der Waals surface area (Å²) < 4.78 is 11.0. The van der Waals surface area contributed by atoms with Crippen molar-refractivity contribution in [3.8, 4) is 11.5 Å². The third-order valence-electron chi connectivity index (χ3n) is 4.32. The highest BCUT2D eigenvalue weighted by Crippen LogP contribution is 2.56. The molecule has 0 unspecified atom stereocenters. The van der Waals surface area contributed by atoms with Crippen molar-refractivity contribution in [2.24, 2.45) is 0 Å². The molecule has 0 spiro atoms. The molecule has 3 nitrogen and oxygen atoms in total. The molecule has 0 aliphatic heterocycles. The van der Waals surface area contributed by atoms with Gasteiger partial charge in [-0.05, 0) is 37.5 Å². The van der Waals surface area contributed by atoms with Crippen LogP contribution in [0.3, 0.4) is 0 Å². The second kappa shape index (κ2) is 3.83. The van der Waals surface area contributed by atoms with Gasteiger partial charge in [-0.3, -0.25) is 0 Å². The number of nitrogens with two attached hydrogens (primary N) is 1. The fourth-order valence-electron chi connectivity index (χ4n) is 3.59. The van der Waals surface area contributed by atoms with Gasteiger partial charge in [-0.25, -0.2) is 0 Å². The van der Waals surface area contributed by atoms with Crippen LogP contribution in [0, 0.1) is 0 Å². The maximum atomic E-state index is 6.06. The normalized spacial score (nSPS) is 25.5. The topological polar surface area (TPSA) is 44.5 Å². The summed E-state index contributed by atoms with van der Waals surface area (Å²) in [7, 11) is 3.44. The zero-order valence-corrected chi connectivity index (χ0v) is 10.5. The summed E-state index contributed by atoms with van der Waals surface area (Å²) in [5.41, 5.74) is 9.45. The minimum absolute atomic E-state index is 0.613. The van der Waals surface area contributed by atoms with Gasteiger partial charge in [0.25, 0.3) is 0 Å². The molecule has 3 aliphatic carbocycles. The summed E-state index contributed by atoms with van der Waals surface area (Å²) in [6.07, 6.45) is 5.09. The standard InChI is InChI=1S/C14H19NO2/c1-16-11-7-10(15)14(17-2)13-9-5-3-8(4-6-9)12(11)13/h7-9H,3-6,15H2,1-2H3. The fraction of sp³-hybridized carbons (Fsp3) is 0.571. The number of ether oxygens (including phenoxy) is 2. The highest BCUT2D eigenvalue weighted by Gasteiger charge is 2.38. The van der Waals surface area contributed by atoms with Crippen molar-refractivity contribution in [2.75, 3.05) is 20.0 Å². The molecule has 2 bridgehead atoms. The van der Waals surface area contributed by atoms with Crippen LogP contribution in [0.1, 0.15) is 48.6 Å². The van der Waals surface area contributed by atoms with E-state index < -0.39 is 0 Å². The first-order valence-corrected chi connectivity index (χ1v) is 6.30. The van der Waals surface area contributed by atoms with Crippen LogP contribution >= 0.6 is 0 Å². The Kier molecular flexibility index (Phi) is 2.42. The van der Waals surface area contributed by atoms with E-state index in [4.69, 9.17) is 15.2 Å². The quantitative estimate of drug-likeness (QED) is 0.798. The smallest absolute Gasteiger partial charge is 0.145 e. The van der Waals surface area contributed by atoms with Crippen LogP contribution in [0.4, 0.5) is 5.69 Å². The summed E-state index contributed by atoms with van der Waals surface area (Å²) in [6, 6.07) is 1.92. The zero-order valence-electron chi connectivity index (χ0n) is 10.5. The third kappa shape index (κ3) is 1.41. The van der Waals surface area contributed by atoms with Crippen molar-refractivity contribution >= 4 is 5.69 Å². The number of nitrogen functional groups attached to an aromatic ring is 1.